The number of amides is 1. The van der Waals surface area contributed by atoms with E-state index in [0.29, 0.717) is 12.1 Å². The molecule has 1 unspecified atom stereocenters. The van der Waals surface area contributed by atoms with Gasteiger partial charge in [-0.15, -0.1) is 6.58 Å². The first kappa shape index (κ1) is 16.0. The minimum Gasteiger partial charge on any atom is -0.332 e. The van der Waals surface area contributed by atoms with Crippen molar-refractivity contribution >= 4 is 5.91 Å². The molecule has 118 valence electrons. The number of hydrogen-bond donors (Lipinski definition) is 0. The maximum atomic E-state index is 13.9. The Kier molecular flexibility index (Phi) is 4.48. The molecular formula is C14H13F3N2O3. The topological polar surface area (TPSA) is 63.4 Å². The number of carbonyl (C=O) groups is 1. The Bertz CT molecular complexity index is 636. The number of rotatable bonds is 4. The Hall–Kier alpha value is -2.38. The van der Waals surface area contributed by atoms with Crippen molar-refractivity contribution in [2.75, 3.05) is 13.1 Å². The quantitative estimate of drug-likeness (QED) is 0.370. The summed E-state index contributed by atoms with van der Waals surface area (Å²) in [4.78, 5) is 23.8. The molecule has 8 heteroatoms. The molecule has 0 radical (unpaired) electrons. The minimum atomic E-state index is -1.38. The van der Waals surface area contributed by atoms with E-state index < -0.39 is 40.2 Å². The minimum absolute atomic E-state index is 0.135. The largest absolute Gasteiger partial charge is 0.332 e. The molecule has 1 saturated heterocycles. The first-order valence-electron chi connectivity index (χ1n) is 6.51. The maximum Gasteiger partial charge on any atom is 0.237 e. The molecule has 1 heterocycles. The van der Waals surface area contributed by atoms with E-state index in [2.05, 4.69) is 6.58 Å². The van der Waals surface area contributed by atoms with E-state index in [4.69, 9.17) is 0 Å². The van der Waals surface area contributed by atoms with Gasteiger partial charge in [-0.1, -0.05) is 6.08 Å². The number of carbonyl (C=O) groups excluding carboxylic acids is 1. The van der Waals surface area contributed by atoms with Crippen molar-refractivity contribution < 1.29 is 22.9 Å². The van der Waals surface area contributed by atoms with E-state index >= 15 is 0 Å². The zero-order chi connectivity index (χ0) is 16.4. The van der Waals surface area contributed by atoms with Gasteiger partial charge in [0.15, 0.2) is 11.6 Å². The molecule has 0 aliphatic carbocycles. The van der Waals surface area contributed by atoms with Crippen molar-refractivity contribution in [3.8, 4) is 0 Å². The molecule has 0 spiro atoms. The summed E-state index contributed by atoms with van der Waals surface area (Å²) < 4.78 is 40.2. The van der Waals surface area contributed by atoms with Crippen LogP contribution in [0, 0.1) is 27.6 Å². The molecule has 2 rings (SSSR count). The normalized spacial score (nSPS) is 21.8. The molecule has 1 aromatic carbocycles. The Balaban J connectivity index is 2.40. The van der Waals surface area contributed by atoms with Crippen LogP contribution in [0.4, 0.5) is 13.2 Å². The van der Waals surface area contributed by atoms with Gasteiger partial charge in [0.2, 0.25) is 11.9 Å². The van der Waals surface area contributed by atoms with Gasteiger partial charge in [0.05, 0.1) is 12.5 Å². The molecule has 1 aliphatic heterocycles. The van der Waals surface area contributed by atoms with E-state index in [9.17, 15) is 28.1 Å². The Morgan fingerprint density at radius 2 is 1.95 bits per heavy atom. The van der Waals surface area contributed by atoms with Crippen molar-refractivity contribution in [2.24, 2.45) is 0 Å². The molecular weight excluding hydrogens is 301 g/mol. The summed E-state index contributed by atoms with van der Waals surface area (Å²) in [5, 5.41) is 11.2. The second-order valence-electron chi connectivity index (χ2n) is 5.04. The van der Waals surface area contributed by atoms with Crippen molar-refractivity contribution in [1.82, 2.24) is 4.90 Å². The van der Waals surface area contributed by atoms with Gasteiger partial charge in [-0.3, -0.25) is 14.9 Å². The maximum absolute atomic E-state index is 13.9. The molecule has 0 N–H and O–H groups in total. The Morgan fingerprint density at radius 3 is 2.55 bits per heavy atom. The van der Waals surface area contributed by atoms with Gasteiger partial charge in [-0.05, 0) is 6.07 Å². The van der Waals surface area contributed by atoms with Gasteiger partial charge in [0, 0.05) is 29.5 Å². The van der Waals surface area contributed by atoms with Crippen LogP contribution in [0.15, 0.2) is 24.8 Å². The van der Waals surface area contributed by atoms with E-state index in [-0.39, 0.29) is 25.1 Å². The van der Waals surface area contributed by atoms with Gasteiger partial charge in [0.1, 0.15) is 5.82 Å². The van der Waals surface area contributed by atoms with Crippen molar-refractivity contribution in [3.05, 3.63) is 57.9 Å². The third kappa shape index (κ3) is 2.95. The standard InChI is InChI=1S/C14H13F3N2O3/c1-2-3-18-7-13(19(21)22)9(5-14(18)20)8-4-11(16)12(17)6-10(8)15/h2,4,6,9,13H,1,3,5,7H2/t9-,13?/m1/s1. The number of likely N-dealkylation sites (tertiary alicyclic amines) is 1. The zero-order valence-corrected chi connectivity index (χ0v) is 11.5. The highest BCUT2D eigenvalue weighted by molar-refractivity contribution is 5.78. The fraction of sp³-hybridized carbons (Fsp3) is 0.357. The molecule has 1 aliphatic rings. The summed E-state index contributed by atoms with van der Waals surface area (Å²) in [6.45, 7) is 3.36. The number of benzene rings is 1. The lowest BCUT2D eigenvalue weighted by molar-refractivity contribution is -0.528. The second kappa shape index (κ2) is 6.17. The Morgan fingerprint density at radius 1 is 1.32 bits per heavy atom. The molecule has 0 bridgehead atoms. The van der Waals surface area contributed by atoms with Crippen molar-refractivity contribution in [2.45, 2.75) is 18.4 Å². The third-order valence-corrected chi connectivity index (χ3v) is 3.68. The summed E-state index contributed by atoms with van der Waals surface area (Å²) in [5.41, 5.74) is -0.354. The van der Waals surface area contributed by atoms with Crippen LogP contribution in [-0.4, -0.2) is 34.9 Å². The highest BCUT2D eigenvalue weighted by Gasteiger charge is 2.43. The van der Waals surface area contributed by atoms with Gasteiger partial charge in [0.25, 0.3) is 0 Å². The van der Waals surface area contributed by atoms with E-state index in [1.807, 2.05) is 0 Å². The van der Waals surface area contributed by atoms with Crippen LogP contribution in [0.2, 0.25) is 0 Å². The first-order chi connectivity index (χ1) is 10.3. The number of hydrogen-bond acceptors (Lipinski definition) is 3. The number of nitro groups is 1. The number of piperidine rings is 1. The molecule has 5 nitrogen and oxygen atoms in total. The van der Waals surface area contributed by atoms with E-state index in [1.165, 1.54) is 11.0 Å². The van der Waals surface area contributed by atoms with E-state index in [1.54, 1.807) is 0 Å². The fourth-order valence-electron chi connectivity index (χ4n) is 2.59. The lowest BCUT2D eigenvalue weighted by atomic mass is 9.84. The van der Waals surface area contributed by atoms with Gasteiger partial charge in [-0.25, -0.2) is 13.2 Å². The molecule has 0 saturated carbocycles. The van der Waals surface area contributed by atoms with Crippen LogP contribution < -0.4 is 0 Å². The van der Waals surface area contributed by atoms with Crippen molar-refractivity contribution in [1.29, 1.82) is 0 Å². The summed E-state index contributed by atoms with van der Waals surface area (Å²) >= 11 is 0. The summed E-state index contributed by atoms with van der Waals surface area (Å²) in [5.74, 6) is -5.35. The summed E-state index contributed by atoms with van der Waals surface area (Å²) in [7, 11) is 0. The molecule has 1 fully saturated rings. The highest BCUT2D eigenvalue weighted by Crippen LogP contribution is 2.33. The lowest BCUT2D eigenvalue weighted by Gasteiger charge is -2.33. The van der Waals surface area contributed by atoms with Gasteiger partial charge < -0.3 is 4.90 Å². The lowest BCUT2D eigenvalue weighted by Crippen LogP contribution is -2.49. The number of nitrogens with zero attached hydrogens (tertiary/aromatic N) is 2. The van der Waals surface area contributed by atoms with Crippen LogP contribution in [-0.2, 0) is 4.79 Å². The Labute approximate surface area is 124 Å². The average Bonchev–Trinajstić information content (AvgIpc) is 2.44. The highest BCUT2D eigenvalue weighted by atomic mass is 19.2. The second-order valence-corrected chi connectivity index (χ2v) is 5.04. The van der Waals surface area contributed by atoms with Crippen LogP contribution in [0.25, 0.3) is 0 Å². The smallest absolute Gasteiger partial charge is 0.237 e. The van der Waals surface area contributed by atoms with Crippen molar-refractivity contribution in [3.63, 3.8) is 0 Å². The summed E-state index contributed by atoms with van der Waals surface area (Å²) in [6.07, 6.45) is 1.08. The average molecular weight is 314 g/mol. The predicted molar refractivity (Wildman–Crippen MR) is 71.2 cm³/mol. The fourth-order valence-corrected chi connectivity index (χ4v) is 2.59. The van der Waals surface area contributed by atoms with E-state index in [0.717, 1.165) is 0 Å². The predicted octanol–water partition coefficient (Wildman–Crippen LogP) is 2.25. The SMILES string of the molecule is C=CCN1CC([N+](=O)[O-])[C@@H](c2cc(F)c(F)cc2F)CC1=O. The molecule has 0 aromatic heterocycles. The van der Waals surface area contributed by atoms with Crippen LogP contribution in [0.3, 0.4) is 0 Å². The number of halogens is 3. The summed E-state index contributed by atoms with van der Waals surface area (Å²) in [6, 6.07) is -0.373. The molecule has 1 amide bonds. The van der Waals surface area contributed by atoms with Crippen LogP contribution in [0.5, 0.6) is 0 Å². The van der Waals surface area contributed by atoms with Gasteiger partial charge in [-0.2, -0.15) is 0 Å². The molecule has 1 aromatic rings. The van der Waals surface area contributed by atoms with Gasteiger partial charge >= 0.3 is 0 Å². The zero-order valence-electron chi connectivity index (χ0n) is 11.5. The molecule has 22 heavy (non-hydrogen) atoms. The monoisotopic (exact) mass is 314 g/mol. The molecule has 2 atom stereocenters. The third-order valence-electron chi connectivity index (χ3n) is 3.68. The van der Waals surface area contributed by atoms with Crippen LogP contribution >= 0.6 is 0 Å². The van der Waals surface area contributed by atoms with Crippen LogP contribution in [0.1, 0.15) is 17.9 Å². The first-order valence-corrected chi connectivity index (χ1v) is 6.51.